The summed E-state index contributed by atoms with van der Waals surface area (Å²) < 4.78 is 4.40. The third-order valence-corrected chi connectivity index (χ3v) is 2.87. The van der Waals surface area contributed by atoms with Crippen molar-refractivity contribution in [2.45, 2.75) is 18.9 Å². The monoisotopic (exact) mass is 309 g/mol. The van der Waals surface area contributed by atoms with E-state index < -0.39 is 29.9 Å². The molecule has 3 N–H and O–H groups in total. The zero-order valence-corrected chi connectivity index (χ0v) is 11.7. The number of aromatic carboxylic acids is 1. The first-order valence-electron chi connectivity index (χ1n) is 6.29. The van der Waals surface area contributed by atoms with Gasteiger partial charge >= 0.3 is 17.9 Å². The second-order valence-electron chi connectivity index (χ2n) is 4.33. The van der Waals surface area contributed by atoms with Gasteiger partial charge in [0, 0.05) is 6.42 Å². The first-order valence-corrected chi connectivity index (χ1v) is 6.29. The molecule has 0 aromatic heterocycles. The number of carbonyl (C=O) groups is 4. The number of carboxylic acids is 2. The number of hydrogen-bond acceptors (Lipinski definition) is 5. The Labute approximate surface area is 125 Å². The number of aliphatic carboxylic acids is 1. The third-order valence-electron chi connectivity index (χ3n) is 2.87. The van der Waals surface area contributed by atoms with Crippen molar-refractivity contribution in [3.63, 3.8) is 0 Å². The fraction of sp³-hybridized carbons (Fsp3) is 0.286. The van der Waals surface area contributed by atoms with Gasteiger partial charge in [-0.25, -0.2) is 9.59 Å². The van der Waals surface area contributed by atoms with Gasteiger partial charge in [-0.1, -0.05) is 12.1 Å². The average molecular weight is 309 g/mol. The van der Waals surface area contributed by atoms with E-state index in [-0.39, 0.29) is 24.0 Å². The molecule has 0 aliphatic rings. The van der Waals surface area contributed by atoms with E-state index >= 15 is 0 Å². The molecule has 118 valence electrons. The van der Waals surface area contributed by atoms with Crippen LogP contribution < -0.4 is 5.32 Å². The number of carboxylic acid groups (broad SMARTS) is 2. The number of carbonyl (C=O) groups excluding carboxylic acids is 2. The van der Waals surface area contributed by atoms with Gasteiger partial charge in [0.1, 0.15) is 6.04 Å². The summed E-state index contributed by atoms with van der Waals surface area (Å²) in [7, 11) is 1.17. The molecule has 8 heteroatoms. The van der Waals surface area contributed by atoms with E-state index in [1.807, 2.05) is 0 Å². The van der Waals surface area contributed by atoms with Crippen molar-refractivity contribution >= 4 is 23.8 Å². The first kappa shape index (κ1) is 17.2. The molecule has 0 unspecified atom stereocenters. The molecule has 0 radical (unpaired) electrons. The first-order chi connectivity index (χ1) is 10.4. The summed E-state index contributed by atoms with van der Waals surface area (Å²) in [6, 6.07) is 4.10. The molecule has 1 amide bonds. The lowest BCUT2D eigenvalue weighted by molar-refractivity contribution is -0.142. The standard InChI is InChI=1S/C14H15NO7/c1-22-11(16)7-6-10(14(20)21)15-12(17)8-4-2-3-5-9(8)13(18)19/h2-5,10H,6-7H2,1H3,(H,15,17)(H,18,19)(H,20,21)/t10-/m0/s1. The highest BCUT2D eigenvalue weighted by molar-refractivity contribution is 6.05. The minimum absolute atomic E-state index is 0.153. The highest BCUT2D eigenvalue weighted by atomic mass is 16.5. The Hall–Kier alpha value is -2.90. The second kappa shape index (κ2) is 7.77. The lowest BCUT2D eigenvalue weighted by Crippen LogP contribution is -2.41. The highest BCUT2D eigenvalue weighted by Gasteiger charge is 2.24. The molecule has 0 aliphatic carbocycles. The lowest BCUT2D eigenvalue weighted by Gasteiger charge is -2.14. The number of nitrogens with one attached hydrogen (secondary N) is 1. The van der Waals surface area contributed by atoms with E-state index in [4.69, 9.17) is 10.2 Å². The van der Waals surface area contributed by atoms with Crippen LogP contribution in [-0.2, 0) is 14.3 Å². The average Bonchev–Trinajstić information content (AvgIpc) is 2.50. The van der Waals surface area contributed by atoms with Crippen molar-refractivity contribution in [1.82, 2.24) is 5.32 Å². The van der Waals surface area contributed by atoms with Crippen LogP contribution in [0.1, 0.15) is 33.6 Å². The minimum atomic E-state index is -1.33. The summed E-state index contributed by atoms with van der Waals surface area (Å²) in [4.78, 5) is 45.2. The van der Waals surface area contributed by atoms with E-state index in [0.29, 0.717) is 0 Å². The van der Waals surface area contributed by atoms with E-state index in [9.17, 15) is 19.2 Å². The van der Waals surface area contributed by atoms with Crippen molar-refractivity contribution in [2.75, 3.05) is 7.11 Å². The number of ether oxygens (including phenoxy) is 1. The molecule has 0 heterocycles. The van der Waals surface area contributed by atoms with Gasteiger partial charge in [0.15, 0.2) is 0 Å². The van der Waals surface area contributed by atoms with Crippen molar-refractivity contribution in [3.05, 3.63) is 35.4 Å². The molecular weight excluding hydrogens is 294 g/mol. The van der Waals surface area contributed by atoms with Gasteiger partial charge in [0.25, 0.3) is 5.91 Å². The molecule has 1 rings (SSSR count). The van der Waals surface area contributed by atoms with E-state index in [0.717, 1.165) is 0 Å². The van der Waals surface area contributed by atoms with Crippen LogP contribution in [-0.4, -0.2) is 47.2 Å². The fourth-order valence-corrected chi connectivity index (χ4v) is 1.73. The Kier molecular flexibility index (Phi) is 6.06. The predicted octanol–water partition coefficient (Wildman–Crippen LogP) is 0.521. The quantitative estimate of drug-likeness (QED) is 0.626. The maximum Gasteiger partial charge on any atom is 0.336 e. The van der Waals surface area contributed by atoms with E-state index in [1.165, 1.54) is 31.4 Å². The summed E-state index contributed by atoms with van der Waals surface area (Å²) >= 11 is 0. The fourth-order valence-electron chi connectivity index (χ4n) is 1.73. The summed E-state index contributed by atoms with van der Waals surface area (Å²) in [5.41, 5.74) is -0.392. The van der Waals surface area contributed by atoms with Crippen LogP contribution in [0.4, 0.5) is 0 Å². The van der Waals surface area contributed by atoms with Gasteiger partial charge in [-0.2, -0.15) is 0 Å². The van der Waals surface area contributed by atoms with Crippen LogP contribution in [0.5, 0.6) is 0 Å². The topological polar surface area (TPSA) is 130 Å². The molecule has 1 aromatic rings. The maximum absolute atomic E-state index is 12.0. The summed E-state index contributed by atoms with van der Waals surface area (Å²) in [5, 5.41) is 20.3. The Morgan fingerprint density at radius 2 is 1.73 bits per heavy atom. The van der Waals surface area contributed by atoms with Crippen molar-refractivity contribution in [2.24, 2.45) is 0 Å². The molecule has 0 saturated heterocycles. The molecule has 1 atom stereocenters. The van der Waals surface area contributed by atoms with Gasteiger partial charge in [-0.3, -0.25) is 9.59 Å². The highest BCUT2D eigenvalue weighted by Crippen LogP contribution is 2.10. The van der Waals surface area contributed by atoms with E-state index in [2.05, 4.69) is 10.1 Å². The SMILES string of the molecule is COC(=O)CC[C@H](NC(=O)c1ccccc1C(=O)O)C(=O)O. The van der Waals surface area contributed by atoms with Crippen LogP contribution in [0.2, 0.25) is 0 Å². The Bertz CT molecular complexity index is 597. The van der Waals surface area contributed by atoms with E-state index in [1.54, 1.807) is 0 Å². The van der Waals surface area contributed by atoms with Crippen molar-refractivity contribution in [3.8, 4) is 0 Å². The van der Waals surface area contributed by atoms with Gasteiger partial charge in [0.05, 0.1) is 18.2 Å². The Balaban J connectivity index is 2.86. The minimum Gasteiger partial charge on any atom is -0.480 e. The molecule has 0 saturated carbocycles. The van der Waals surface area contributed by atoms with Gasteiger partial charge in [-0.05, 0) is 18.6 Å². The molecule has 0 aliphatic heterocycles. The molecule has 22 heavy (non-hydrogen) atoms. The molecular formula is C14H15NO7. The van der Waals surface area contributed by atoms with Crippen molar-refractivity contribution in [1.29, 1.82) is 0 Å². The zero-order valence-electron chi connectivity index (χ0n) is 11.7. The zero-order chi connectivity index (χ0) is 16.7. The number of hydrogen-bond donors (Lipinski definition) is 3. The Morgan fingerprint density at radius 3 is 2.23 bits per heavy atom. The van der Waals surface area contributed by atoms with Crippen LogP contribution in [0.25, 0.3) is 0 Å². The number of amides is 1. The molecule has 0 fully saturated rings. The number of rotatable bonds is 7. The molecule has 1 aromatic carbocycles. The maximum atomic E-state index is 12.0. The molecule has 8 nitrogen and oxygen atoms in total. The number of methoxy groups -OCH3 is 1. The van der Waals surface area contributed by atoms with Crippen LogP contribution in [0.3, 0.4) is 0 Å². The summed E-state index contributed by atoms with van der Waals surface area (Å²) in [6.45, 7) is 0. The van der Waals surface area contributed by atoms with Gasteiger partial charge in [-0.15, -0.1) is 0 Å². The largest absolute Gasteiger partial charge is 0.480 e. The summed E-state index contributed by atoms with van der Waals surface area (Å²) in [6.07, 6.45) is -0.350. The molecule has 0 spiro atoms. The van der Waals surface area contributed by atoms with Crippen LogP contribution >= 0.6 is 0 Å². The van der Waals surface area contributed by atoms with Gasteiger partial charge < -0.3 is 20.3 Å². The van der Waals surface area contributed by atoms with Gasteiger partial charge in [0.2, 0.25) is 0 Å². The number of benzene rings is 1. The normalized spacial score (nSPS) is 11.3. The van der Waals surface area contributed by atoms with Crippen molar-refractivity contribution < 1.29 is 34.1 Å². The van der Waals surface area contributed by atoms with Crippen LogP contribution in [0.15, 0.2) is 24.3 Å². The smallest absolute Gasteiger partial charge is 0.336 e. The van der Waals surface area contributed by atoms with Crippen LogP contribution in [0, 0.1) is 0 Å². The third kappa shape index (κ3) is 4.58. The predicted molar refractivity (Wildman–Crippen MR) is 73.5 cm³/mol. The Morgan fingerprint density at radius 1 is 1.14 bits per heavy atom. The second-order valence-corrected chi connectivity index (χ2v) is 4.33. The summed E-state index contributed by atoms with van der Waals surface area (Å²) in [5.74, 6) is -4.07. The molecule has 0 bridgehead atoms. The lowest BCUT2D eigenvalue weighted by atomic mass is 10.1. The number of esters is 1.